The molecule has 4 aromatic heterocycles. The molecule has 0 aliphatic heterocycles. The number of fused-ring (bicyclic) bond motifs is 2. The van der Waals surface area contributed by atoms with E-state index in [1.165, 1.54) is 0 Å². The molecule has 4 aromatic rings. The Morgan fingerprint density at radius 1 is 0.705 bits per heavy atom. The Bertz CT molecular complexity index is 1440. The second-order valence-electron chi connectivity index (χ2n) is 12.7. The van der Waals surface area contributed by atoms with Crippen LogP contribution in [0, 0.1) is 0 Å². The van der Waals surface area contributed by atoms with E-state index in [1.807, 2.05) is 35.3 Å². The highest BCUT2D eigenvalue weighted by molar-refractivity contribution is 5.91. The Morgan fingerprint density at radius 3 is 1.45 bits per heavy atom. The quantitative estimate of drug-likeness (QED) is 0.194. The van der Waals surface area contributed by atoms with Gasteiger partial charge < -0.3 is 30.3 Å². The summed E-state index contributed by atoms with van der Waals surface area (Å²) < 4.78 is 14.7. The highest BCUT2D eigenvalue weighted by Crippen LogP contribution is 2.42. The lowest BCUT2D eigenvalue weighted by Gasteiger charge is -2.25. The van der Waals surface area contributed by atoms with Crippen LogP contribution in [-0.4, -0.2) is 91.1 Å². The fraction of sp³-hybridized carbons (Fsp3) is 0.625. The van der Waals surface area contributed by atoms with Crippen molar-refractivity contribution >= 4 is 22.9 Å². The van der Waals surface area contributed by atoms with Crippen LogP contribution in [0.4, 0.5) is 11.9 Å². The van der Waals surface area contributed by atoms with Crippen molar-refractivity contribution in [2.24, 2.45) is 0 Å². The third-order valence-electron chi connectivity index (χ3n) is 9.19. The van der Waals surface area contributed by atoms with E-state index in [0.29, 0.717) is 25.1 Å². The van der Waals surface area contributed by atoms with Gasteiger partial charge in [-0.1, -0.05) is 0 Å². The van der Waals surface area contributed by atoms with E-state index >= 15 is 0 Å². The molecule has 2 atom stereocenters. The largest absolute Gasteiger partial charge is 0.393 e. The van der Waals surface area contributed by atoms with Crippen LogP contribution in [-0.2, 0) is 9.47 Å². The molecule has 0 unspecified atom stereocenters. The topological polar surface area (TPSA) is 143 Å². The van der Waals surface area contributed by atoms with Crippen molar-refractivity contribution in [3.63, 3.8) is 0 Å². The number of aromatic nitrogens is 6. The minimum absolute atomic E-state index is 0.0549. The lowest BCUT2D eigenvalue weighted by Crippen LogP contribution is -2.23. The molecule has 0 amide bonds. The summed E-state index contributed by atoms with van der Waals surface area (Å²) in [6, 6.07) is 4.62. The lowest BCUT2D eigenvalue weighted by atomic mass is 9.85. The van der Waals surface area contributed by atoms with Crippen LogP contribution < -0.4 is 10.6 Å². The van der Waals surface area contributed by atoms with Crippen LogP contribution >= 0.6 is 0 Å². The molecule has 0 spiro atoms. The highest BCUT2D eigenvalue weighted by atomic mass is 16.5. The normalized spacial score (nSPS) is 24.0. The fourth-order valence-electron chi connectivity index (χ4n) is 6.94. The van der Waals surface area contributed by atoms with Crippen LogP contribution in [0.5, 0.6) is 0 Å². The van der Waals surface area contributed by atoms with Crippen LogP contribution in [0.1, 0.15) is 88.4 Å². The summed E-state index contributed by atoms with van der Waals surface area (Å²) in [5.41, 5.74) is 6.18. The number of methoxy groups -OCH3 is 2. The first kappa shape index (κ1) is 30.7. The van der Waals surface area contributed by atoms with Gasteiger partial charge in [0.05, 0.1) is 48.8 Å². The smallest absolute Gasteiger partial charge is 0.241 e. The molecule has 44 heavy (non-hydrogen) atoms. The molecule has 12 heteroatoms. The predicted octanol–water partition coefficient (Wildman–Crippen LogP) is 4.37. The molecule has 2 fully saturated rings. The van der Waals surface area contributed by atoms with E-state index in [2.05, 4.69) is 22.8 Å². The van der Waals surface area contributed by atoms with Crippen molar-refractivity contribution < 1.29 is 19.7 Å². The number of hydrogen-bond acceptors (Lipinski definition) is 10. The minimum Gasteiger partial charge on any atom is -0.393 e. The first-order valence-corrected chi connectivity index (χ1v) is 16.0. The van der Waals surface area contributed by atoms with Gasteiger partial charge in [0, 0.05) is 60.7 Å². The Morgan fingerprint density at radius 2 is 1.09 bits per heavy atom. The van der Waals surface area contributed by atoms with Crippen molar-refractivity contribution in [3.05, 3.63) is 35.9 Å². The van der Waals surface area contributed by atoms with Gasteiger partial charge in [-0.2, -0.15) is 0 Å². The van der Waals surface area contributed by atoms with E-state index in [9.17, 15) is 10.2 Å². The second kappa shape index (κ2) is 13.4. The van der Waals surface area contributed by atoms with Gasteiger partial charge >= 0.3 is 0 Å². The molecular weight excluding hydrogens is 560 g/mol. The number of ether oxygens (including phenoxy) is 2. The van der Waals surface area contributed by atoms with Gasteiger partial charge in [0.25, 0.3) is 0 Å². The van der Waals surface area contributed by atoms with E-state index in [4.69, 9.17) is 29.6 Å². The molecule has 2 saturated carbocycles. The monoisotopic (exact) mass is 606 g/mol. The molecule has 0 radical (unpaired) electrons. The lowest BCUT2D eigenvalue weighted by molar-refractivity contribution is 0.121. The molecule has 6 rings (SSSR count). The summed E-state index contributed by atoms with van der Waals surface area (Å²) in [5, 5.41) is 37.1. The molecule has 4 N–H and O–H groups in total. The SMILES string of the molecule is COC[C@H](C)Nc1ncc2c(-c3cc(C4CCC(O)CC4)n4nc(N[C@@H](C)COC)ncc34)cc(C3CCC(O)CC3)n2n1. The Labute approximate surface area is 258 Å². The van der Waals surface area contributed by atoms with Crippen molar-refractivity contribution in [2.45, 2.75) is 101 Å². The molecule has 238 valence electrons. The second-order valence-corrected chi connectivity index (χ2v) is 12.7. The standard InChI is InChI=1S/C32H46N8O4/c1-19(17-43-3)35-31-33-15-29-25(13-27(39(29)37-31)21-5-9-23(41)10-6-21)26-14-28(22-7-11-24(42)12-8-22)40-30(26)16-34-32(38-40)36-20(2)18-44-4/h13-16,19-24,41-42H,5-12,17-18H2,1-4H3,(H,35,37)(H,36,38)/t19-,20-,21?,22?,23?,24?/m0/s1. The van der Waals surface area contributed by atoms with Crippen molar-refractivity contribution in [2.75, 3.05) is 38.1 Å². The minimum atomic E-state index is -0.239. The predicted molar refractivity (Wildman–Crippen MR) is 169 cm³/mol. The number of nitrogens with one attached hydrogen (secondary N) is 2. The number of aliphatic hydroxyl groups excluding tert-OH is 2. The molecule has 2 aliphatic rings. The van der Waals surface area contributed by atoms with Crippen molar-refractivity contribution in [1.29, 1.82) is 0 Å². The van der Waals surface area contributed by atoms with E-state index in [1.54, 1.807) is 14.2 Å². The summed E-state index contributed by atoms with van der Waals surface area (Å²) in [5.74, 6) is 1.66. The van der Waals surface area contributed by atoms with Crippen molar-refractivity contribution in [3.8, 4) is 11.1 Å². The maximum Gasteiger partial charge on any atom is 0.241 e. The first-order valence-electron chi connectivity index (χ1n) is 16.0. The van der Waals surface area contributed by atoms with Crippen molar-refractivity contribution in [1.82, 2.24) is 29.2 Å². The first-order chi connectivity index (χ1) is 21.3. The van der Waals surface area contributed by atoms with Gasteiger partial charge in [-0.25, -0.2) is 19.0 Å². The number of nitrogens with zero attached hydrogens (tertiary/aromatic N) is 6. The average Bonchev–Trinajstić information content (AvgIpc) is 3.56. The zero-order valence-corrected chi connectivity index (χ0v) is 26.2. The van der Waals surface area contributed by atoms with Gasteiger partial charge in [-0.15, -0.1) is 10.2 Å². The van der Waals surface area contributed by atoms with Gasteiger partial charge in [-0.05, 0) is 77.3 Å². The number of aliphatic hydroxyl groups is 2. The number of rotatable bonds is 11. The van der Waals surface area contributed by atoms with Gasteiger partial charge in [0.15, 0.2) is 0 Å². The van der Waals surface area contributed by atoms with Gasteiger partial charge in [0.2, 0.25) is 11.9 Å². The number of hydrogen-bond donors (Lipinski definition) is 4. The molecule has 0 bridgehead atoms. The Balaban J connectivity index is 1.47. The fourth-order valence-corrected chi connectivity index (χ4v) is 6.94. The van der Waals surface area contributed by atoms with E-state index in [0.717, 1.165) is 84.9 Å². The van der Waals surface area contributed by atoms with Gasteiger partial charge in [-0.3, -0.25) is 0 Å². The van der Waals surface area contributed by atoms with E-state index < -0.39 is 0 Å². The zero-order valence-electron chi connectivity index (χ0n) is 26.2. The van der Waals surface area contributed by atoms with Crippen LogP contribution in [0.25, 0.3) is 22.2 Å². The summed E-state index contributed by atoms with van der Waals surface area (Å²) in [7, 11) is 3.37. The number of anilines is 2. The summed E-state index contributed by atoms with van der Waals surface area (Å²) >= 11 is 0. The summed E-state index contributed by atoms with van der Waals surface area (Å²) in [4.78, 5) is 9.42. The molecule has 0 saturated heterocycles. The third kappa shape index (κ3) is 6.39. The molecule has 2 aliphatic carbocycles. The van der Waals surface area contributed by atoms with Crippen LogP contribution in [0.2, 0.25) is 0 Å². The maximum atomic E-state index is 10.2. The third-order valence-corrected chi connectivity index (χ3v) is 9.19. The zero-order chi connectivity index (χ0) is 30.8. The summed E-state index contributed by atoms with van der Waals surface area (Å²) in [6.07, 6.45) is 10.1. The van der Waals surface area contributed by atoms with Gasteiger partial charge in [0.1, 0.15) is 0 Å². The Hall–Kier alpha value is -3.32. The van der Waals surface area contributed by atoms with Crippen LogP contribution in [0.3, 0.4) is 0 Å². The maximum absolute atomic E-state index is 10.2. The molecule has 4 heterocycles. The van der Waals surface area contributed by atoms with Crippen LogP contribution in [0.15, 0.2) is 24.5 Å². The highest BCUT2D eigenvalue weighted by Gasteiger charge is 2.29. The Kier molecular flexibility index (Phi) is 9.31. The molecule has 0 aromatic carbocycles. The molecule has 12 nitrogen and oxygen atoms in total. The molecular formula is C32H46N8O4. The average molecular weight is 607 g/mol. The summed E-state index contributed by atoms with van der Waals surface area (Å²) in [6.45, 7) is 5.18. The van der Waals surface area contributed by atoms with E-state index in [-0.39, 0.29) is 36.1 Å².